The van der Waals surface area contributed by atoms with Crippen molar-refractivity contribution in [2.24, 2.45) is 0 Å². The average Bonchev–Trinajstić information content (AvgIpc) is 2.78. The smallest absolute Gasteiger partial charge is 0.238 e. The molecular formula is C12H14N4O. The summed E-state index contributed by atoms with van der Waals surface area (Å²) in [5, 5.41) is 13.5. The molecule has 2 rings (SSSR count). The Balaban J connectivity index is 2.05. The molecule has 0 radical (unpaired) electrons. The highest BCUT2D eigenvalue weighted by Crippen LogP contribution is 2.19. The van der Waals surface area contributed by atoms with Crippen LogP contribution in [0.3, 0.4) is 0 Å². The number of aromatic amines is 1. The number of hydrogen-bond donors (Lipinski definition) is 3. The van der Waals surface area contributed by atoms with E-state index in [0.717, 1.165) is 16.6 Å². The van der Waals surface area contributed by atoms with E-state index in [4.69, 9.17) is 0 Å². The van der Waals surface area contributed by atoms with Gasteiger partial charge in [-0.2, -0.15) is 5.10 Å². The second-order valence-electron chi connectivity index (χ2n) is 3.61. The fourth-order valence-electron chi connectivity index (χ4n) is 1.56. The van der Waals surface area contributed by atoms with Crippen LogP contribution in [0.4, 0.5) is 5.69 Å². The van der Waals surface area contributed by atoms with Crippen molar-refractivity contribution in [3.05, 3.63) is 37.1 Å². The van der Waals surface area contributed by atoms with E-state index >= 15 is 0 Å². The van der Waals surface area contributed by atoms with Gasteiger partial charge in [-0.25, -0.2) is 0 Å². The first-order valence-electron chi connectivity index (χ1n) is 5.35. The fourth-order valence-corrected chi connectivity index (χ4v) is 1.56. The lowest BCUT2D eigenvalue weighted by atomic mass is 10.2. The van der Waals surface area contributed by atoms with Crippen LogP contribution in [-0.4, -0.2) is 29.2 Å². The van der Waals surface area contributed by atoms with Gasteiger partial charge in [-0.05, 0) is 6.07 Å². The molecule has 5 nitrogen and oxygen atoms in total. The van der Waals surface area contributed by atoms with Crippen molar-refractivity contribution in [3.8, 4) is 0 Å². The number of anilines is 1. The molecule has 0 fully saturated rings. The normalized spacial score (nSPS) is 10.4. The number of para-hydroxylation sites is 1. The molecule has 5 heteroatoms. The van der Waals surface area contributed by atoms with Gasteiger partial charge in [0.05, 0.1) is 23.9 Å². The molecule has 1 aromatic heterocycles. The minimum Gasteiger partial charge on any atom is -0.323 e. The van der Waals surface area contributed by atoms with E-state index in [1.807, 2.05) is 18.2 Å². The first-order valence-corrected chi connectivity index (χ1v) is 5.35. The minimum atomic E-state index is -0.0889. The number of hydrogen-bond acceptors (Lipinski definition) is 3. The number of rotatable bonds is 5. The number of benzene rings is 1. The van der Waals surface area contributed by atoms with Crippen molar-refractivity contribution >= 4 is 22.5 Å². The first kappa shape index (κ1) is 11.3. The van der Waals surface area contributed by atoms with Gasteiger partial charge in [-0.15, -0.1) is 6.58 Å². The van der Waals surface area contributed by atoms with Gasteiger partial charge in [0.1, 0.15) is 0 Å². The second kappa shape index (κ2) is 5.27. The third-order valence-corrected chi connectivity index (χ3v) is 2.32. The van der Waals surface area contributed by atoms with Gasteiger partial charge in [0.2, 0.25) is 5.91 Å². The van der Waals surface area contributed by atoms with E-state index in [2.05, 4.69) is 27.4 Å². The van der Waals surface area contributed by atoms with Crippen molar-refractivity contribution in [1.29, 1.82) is 0 Å². The highest BCUT2D eigenvalue weighted by molar-refractivity contribution is 6.00. The summed E-state index contributed by atoms with van der Waals surface area (Å²) < 4.78 is 0. The molecule has 0 aliphatic carbocycles. The van der Waals surface area contributed by atoms with Crippen LogP contribution in [0.15, 0.2) is 37.1 Å². The van der Waals surface area contributed by atoms with Crippen molar-refractivity contribution in [3.63, 3.8) is 0 Å². The molecule has 1 aromatic carbocycles. The highest BCUT2D eigenvalue weighted by atomic mass is 16.1. The lowest BCUT2D eigenvalue weighted by Gasteiger charge is -2.06. The number of nitrogens with one attached hydrogen (secondary N) is 3. The molecule has 3 N–H and O–H groups in total. The molecule has 2 aromatic rings. The SMILES string of the molecule is C=CCNCC(=O)Nc1cccc2cn[nH]c12. The number of H-pyrrole nitrogens is 1. The van der Waals surface area contributed by atoms with E-state index in [9.17, 15) is 4.79 Å². The van der Waals surface area contributed by atoms with Crippen LogP contribution < -0.4 is 10.6 Å². The van der Waals surface area contributed by atoms with E-state index < -0.39 is 0 Å². The summed E-state index contributed by atoms with van der Waals surface area (Å²) in [7, 11) is 0. The monoisotopic (exact) mass is 230 g/mol. The van der Waals surface area contributed by atoms with Crippen molar-refractivity contribution in [2.45, 2.75) is 0 Å². The Kier molecular flexibility index (Phi) is 3.52. The fraction of sp³-hybridized carbons (Fsp3) is 0.167. The van der Waals surface area contributed by atoms with E-state index in [-0.39, 0.29) is 12.5 Å². The van der Waals surface area contributed by atoms with Crippen molar-refractivity contribution < 1.29 is 4.79 Å². The van der Waals surface area contributed by atoms with Crippen LogP contribution in [0.5, 0.6) is 0 Å². The van der Waals surface area contributed by atoms with E-state index in [1.54, 1.807) is 12.3 Å². The van der Waals surface area contributed by atoms with Gasteiger partial charge >= 0.3 is 0 Å². The molecule has 0 saturated carbocycles. The van der Waals surface area contributed by atoms with Crippen LogP contribution in [0.2, 0.25) is 0 Å². The Morgan fingerprint density at radius 2 is 2.41 bits per heavy atom. The number of carbonyl (C=O) groups excluding carboxylic acids is 1. The summed E-state index contributed by atoms with van der Waals surface area (Å²) >= 11 is 0. The Labute approximate surface area is 98.9 Å². The van der Waals surface area contributed by atoms with Crippen molar-refractivity contribution in [1.82, 2.24) is 15.5 Å². The number of fused-ring (bicyclic) bond motifs is 1. The Bertz CT molecular complexity index is 532. The molecule has 88 valence electrons. The first-order chi connectivity index (χ1) is 8.31. The highest BCUT2D eigenvalue weighted by Gasteiger charge is 2.05. The predicted molar refractivity (Wildman–Crippen MR) is 67.8 cm³/mol. The number of nitrogens with zero attached hydrogens (tertiary/aromatic N) is 1. The standard InChI is InChI=1S/C12H14N4O/c1-2-6-13-8-11(17)15-10-5-3-4-9-7-14-16-12(9)10/h2-5,7,13H,1,6,8H2,(H,14,16)(H,15,17). The van der Waals surface area contributed by atoms with Crippen molar-refractivity contribution in [2.75, 3.05) is 18.4 Å². The summed E-state index contributed by atoms with van der Waals surface area (Å²) in [6.45, 7) is 4.44. The Morgan fingerprint density at radius 3 is 3.24 bits per heavy atom. The van der Waals surface area contributed by atoms with Gasteiger partial charge in [-0.3, -0.25) is 9.89 Å². The van der Waals surface area contributed by atoms with Crippen LogP contribution in [0.1, 0.15) is 0 Å². The zero-order chi connectivity index (χ0) is 12.1. The molecule has 1 heterocycles. The summed E-state index contributed by atoms with van der Waals surface area (Å²) in [5.74, 6) is -0.0889. The average molecular weight is 230 g/mol. The summed E-state index contributed by atoms with van der Waals surface area (Å²) in [6, 6.07) is 5.65. The molecule has 0 saturated heterocycles. The van der Waals surface area contributed by atoms with Gasteiger partial charge < -0.3 is 10.6 Å². The van der Waals surface area contributed by atoms with Gasteiger partial charge in [0.15, 0.2) is 0 Å². The largest absolute Gasteiger partial charge is 0.323 e. The lowest BCUT2D eigenvalue weighted by molar-refractivity contribution is -0.115. The predicted octanol–water partition coefficient (Wildman–Crippen LogP) is 1.28. The van der Waals surface area contributed by atoms with Gasteiger partial charge in [-0.1, -0.05) is 18.2 Å². The van der Waals surface area contributed by atoms with Gasteiger partial charge in [0, 0.05) is 11.9 Å². The third-order valence-electron chi connectivity index (χ3n) is 2.32. The molecule has 1 amide bonds. The zero-order valence-corrected chi connectivity index (χ0v) is 9.36. The van der Waals surface area contributed by atoms with Crippen LogP contribution in [0, 0.1) is 0 Å². The summed E-state index contributed by atoms with van der Waals surface area (Å²) in [4.78, 5) is 11.6. The molecule has 0 unspecified atom stereocenters. The van der Waals surface area contributed by atoms with Crippen LogP contribution in [0.25, 0.3) is 10.9 Å². The maximum absolute atomic E-state index is 11.6. The maximum atomic E-state index is 11.6. The van der Waals surface area contributed by atoms with Crippen LogP contribution >= 0.6 is 0 Å². The molecule has 0 atom stereocenters. The van der Waals surface area contributed by atoms with E-state index in [0.29, 0.717) is 6.54 Å². The van der Waals surface area contributed by atoms with Gasteiger partial charge in [0.25, 0.3) is 0 Å². The van der Waals surface area contributed by atoms with E-state index in [1.165, 1.54) is 0 Å². The molecule has 17 heavy (non-hydrogen) atoms. The number of amides is 1. The number of aromatic nitrogens is 2. The molecular weight excluding hydrogens is 216 g/mol. The Hall–Kier alpha value is -2.14. The zero-order valence-electron chi connectivity index (χ0n) is 9.36. The van der Waals surface area contributed by atoms with Crippen LogP contribution in [-0.2, 0) is 4.79 Å². The molecule has 0 aliphatic heterocycles. The third kappa shape index (κ3) is 2.70. The quantitative estimate of drug-likeness (QED) is 0.535. The summed E-state index contributed by atoms with van der Waals surface area (Å²) in [6.07, 6.45) is 3.43. The minimum absolute atomic E-state index is 0.0889. The topological polar surface area (TPSA) is 69.8 Å². The molecule has 0 spiro atoms. The second-order valence-corrected chi connectivity index (χ2v) is 3.61. The summed E-state index contributed by atoms with van der Waals surface area (Å²) in [5.41, 5.74) is 1.58. The number of carbonyl (C=O) groups is 1. The maximum Gasteiger partial charge on any atom is 0.238 e. The Morgan fingerprint density at radius 1 is 1.53 bits per heavy atom. The molecule has 0 bridgehead atoms. The molecule has 0 aliphatic rings. The lowest BCUT2D eigenvalue weighted by Crippen LogP contribution is -2.28.